The summed E-state index contributed by atoms with van der Waals surface area (Å²) >= 11 is 3.08. The lowest BCUT2D eigenvalue weighted by molar-refractivity contribution is 0.572. The average molecular weight is 316 g/mol. The molecule has 1 aliphatic rings. The van der Waals surface area contributed by atoms with E-state index in [-0.39, 0.29) is 5.56 Å². The van der Waals surface area contributed by atoms with Crippen molar-refractivity contribution in [2.75, 3.05) is 6.54 Å². The second-order valence-electron chi connectivity index (χ2n) is 4.62. The summed E-state index contributed by atoms with van der Waals surface area (Å²) in [6, 6.07) is 3.33. The summed E-state index contributed by atoms with van der Waals surface area (Å²) in [6.45, 7) is 2.60. The van der Waals surface area contributed by atoms with E-state index in [4.69, 9.17) is 0 Å². The van der Waals surface area contributed by atoms with Crippen molar-refractivity contribution < 1.29 is 8.78 Å². The van der Waals surface area contributed by atoms with Gasteiger partial charge in [-0.2, -0.15) is 0 Å². The molecule has 1 aromatic carbocycles. The summed E-state index contributed by atoms with van der Waals surface area (Å²) in [5.41, 5.74) is 0.708. The number of nitrogens with one attached hydrogen (secondary N) is 1. The maximum atomic E-state index is 13.8. The second kappa shape index (κ2) is 5.93. The van der Waals surface area contributed by atoms with Gasteiger partial charge in [0.05, 0.1) is 4.47 Å². The zero-order chi connectivity index (χ0) is 13.1. The highest BCUT2D eigenvalue weighted by atomic mass is 79.9. The van der Waals surface area contributed by atoms with E-state index in [9.17, 15) is 8.78 Å². The highest BCUT2D eigenvalue weighted by Crippen LogP contribution is 2.27. The second-order valence-corrected chi connectivity index (χ2v) is 5.48. The molecule has 0 aromatic heterocycles. The largest absolute Gasteiger partial charge is 0.314 e. The van der Waals surface area contributed by atoms with E-state index in [0.29, 0.717) is 16.1 Å². The topological polar surface area (TPSA) is 12.0 Å². The van der Waals surface area contributed by atoms with Crippen LogP contribution < -0.4 is 5.32 Å². The first-order chi connectivity index (χ1) is 8.59. The molecule has 1 aliphatic carbocycles. The molecule has 1 fully saturated rings. The van der Waals surface area contributed by atoms with Crippen LogP contribution in [0, 0.1) is 11.6 Å². The zero-order valence-electron chi connectivity index (χ0n) is 10.3. The minimum atomic E-state index is -0.529. The quantitative estimate of drug-likeness (QED) is 0.632. The van der Waals surface area contributed by atoms with Crippen LogP contribution in [0.15, 0.2) is 22.7 Å². The molecule has 0 amide bonds. The standard InChI is InChI=1S/C14H16BrF2N/c1-9(3-2-8-18-10-4-5-10)13-12(16)7-6-11(15)14(13)17/h3,6-7,10,18H,2,4-5,8H2,1H3/b9-3-. The smallest absolute Gasteiger partial charge is 0.147 e. The zero-order valence-corrected chi connectivity index (χ0v) is 11.9. The Morgan fingerprint density at radius 1 is 1.44 bits per heavy atom. The highest BCUT2D eigenvalue weighted by molar-refractivity contribution is 9.10. The summed E-state index contributed by atoms with van der Waals surface area (Å²) in [5, 5.41) is 3.36. The van der Waals surface area contributed by atoms with Gasteiger partial charge in [-0.1, -0.05) is 6.08 Å². The summed E-state index contributed by atoms with van der Waals surface area (Å²) in [6.07, 6.45) is 5.16. The number of benzene rings is 1. The molecule has 0 heterocycles. The first-order valence-corrected chi connectivity index (χ1v) is 6.93. The Hall–Kier alpha value is -0.740. The fraction of sp³-hybridized carbons (Fsp3) is 0.429. The third kappa shape index (κ3) is 3.39. The summed E-state index contributed by atoms with van der Waals surface area (Å²) < 4.78 is 27.7. The molecule has 2 rings (SSSR count). The lowest BCUT2D eigenvalue weighted by Gasteiger charge is -2.07. The van der Waals surface area contributed by atoms with Gasteiger partial charge in [0.2, 0.25) is 0 Å². The molecule has 0 radical (unpaired) electrons. The van der Waals surface area contributed by atoms with Crippen LogP contribution in [0.3, 0.4) is 0 Å². The van der Waals surface area contributed by atoms with Gasteiger partial charge in [0.1, 0.15) is 11.6 Å². The van der Waals surface area contributed by atoms with Crippen LogP contribution in [-0.2, 0) is 0 Å². The van der Waals surface area contributed by atoms with Crippen molar-refractivity contribution in [3.63, 3.8) is 0 Å². The van der Waals surface area contributed by atoms with Gasteiger partial charge < -0.3 is 5.32 Å². The Bertz CT molecular complexity index is 467. The SMILES string of the molecule is C/C(=C/CCNC1CC1)c1c(F)ccc(Br)c1F. The van der Waals surface area contributed by atoms with Gasteiger partial charge >= 0.3 is 0 Å². The van der Waals surface area contributed by atoms with Crippen molar-refractivity contribution in [1.29, 1.82) is 0 Å². The van der Waals surface area contributed by atoms with Gasteiger partial charge in [0.25, 0.3) is 0 Å². The number of hydrogen-bond acceptors (Lipinski definition) is 1. The summed E-state index contributed by atoms with van der Waals surface area (Å²) in [5.74, 6) is -1.04. The molecule has 1 nitrogen and oxygen atoms in total. The Labute approximate surface area is 114 Å². The monoisotopic (exact) mass is 315 g/mol. The molecule has 4 heteroatoms. The summed E-state index contributed by atoms with van der Waals surface area (Å²) in [4.78, 5) is 0. The first kappa shape index (κ1) is 13.7. The minimum absolute atomic E-state index is 0.0656. The molecule has 0 aliphatic heterocycles. The van der Waals surface area contributed by atoms with E-state index in [1.165, 1.54) is 25.0 Å². The highest BCUT2D eigenvalue weighted by Gasteiger charge is 2.19. The molecular weight excluding hydrogens is 300 g/mol. The van der Waals surface area contributed by atoms with Gasteiger partial charge in [-0.3, -0.25) is 0 Å². The molecule has 0 bridgehead atoms. The molecule has 1 aromatic rings. The number of halogens is 3. The molecule has 1 N–H and O–H groups in total. The Morgan fingerprint density at radius 3 is 2.83 bits per heavy atom. The molecule has 18 heavy (non-hydrogen) atoms. The normalized spacial score (nSPS) is 16.1. The number of hydrogen-bond donors (Lipinski definition) is 1. The third-order valence-electron chi connectivity index (χ3n) is 3.04. The van der Waals surface area contributed by atoms with Crippen molar-refractivity contribution in [2.24, 2.45) is 0 Å². The number of rotatable bonds is 5. The predicted octanol–water partition coefficient (Wildman–Crippen LogP) is 4.27. The molecule has 1 saturated carbocycles. The van der Waals surface area contributed by atoms with E-state index in [2.05, 4.69) is 21.2 Å². The first-order valence-electron chi connectivity index (χ1n) is 6.13. The predicted molar refractivity (Wildman–Crippen MR) is 73.4 cm³/mol. The maximum absolute atomic E-state index is 13.8. The van der Waals surface area contributed by atoms with Crippen LogP contribution >= 0.6 is 15.9 Å². The fourth-order valence-corrected chi connectivity index (χ4v) is 2.18. The van der Waals surface area contributed by atoms with E-state index >= 15 is 0 Å². The molecule has 0 atom stereocenters. The Balaban J connectivity index is 2.04. The molecule has 0 spiro atoms. The fourth-order valence-electron chi connectivity index (χ4n) is 1.85. The van der Waals surface area contributed by atoms with Crippen molar-refractivity contribution in [3.05, 3.63) is 39.9 Å². The molecular formula is C14H16BrF2N. The summed E-state index contributed by atoms with van der Waals surface area (Å²) in [7, 11) is 0. The van der Waals surface area contributed by atoms with Gasteiger partial charge in [-0.25, -0.2) is 8.78 Å². The Morgan fingerprint density at radius 2 is 2.17 bits per heavy atom. The molecule has 0 saturated heterocycles. The van der Waals surface area contributed by atoms with E-state index in [1.54, 1.807) is 6.92 Å². The van der Waals surface area contributed by atoms with Crippen LogP contribution in [0.25, 0.3) is 5.57 Å². The van der Waals surface area contributed by atoms with E-state index in [0.717, 1.165) is 13.0 Å². The third-order valence-corrected chi connectivity index (χ3v) is 3.66. The van der Waals surface area contributed by atoms with Gasteiger partial charge in [-0.15, -0.1) is 0 Å². The van der Waals surface area contributed by atoms with Gasteiger partial charge in [0, 0.05) is 11.6 Å². The van der Waals surface area contributed by atoms with Crippen LogP contribution in [0.4, 0.5) is 8.78 Å². The number of allylic oxidation sites excluding steroid dienone is 1. The van der Waals surface area contributed by atoms with Crippen molar-refractivity contribution >= 4 is 21.5 Å². The maximum Gasteiger partial charge on any atom is 0.147 e. The van der Waals surface area contributed by atoms with Crippen molar-refractivity contribution in [1.82, 2.24) is 5.32 Å². The van der Waals surface area contributed by atoms with Crippen molar-refractivity contribution in [3.8, 4) is 0 Å². The average Bonchev–Trinajstić information content (AvgIpc) is 3.14. The van der Waals surface area contributed by atoms with Crippen LogP contribution in [0.2, 0.25) is 0 Å². The van der Waals surface area contributed by atoms with E-state index in [1.807, 2.05) is 6.08 Å². The Kier molecular flexibility index (Phi) is 4.51. The molecule has 0 unspecified atom stereocenters. The molecule has 98 valence electrons. The lowest BCUT2D eigenvalue weighted by atomic mass is 10.1. The van der Waals surface area contributed by atoms with Crippen LogP contribution in [0.1, 0.15) is 31.7 Å². The van der Waals surface area contributed by atoms with Gasteiger partial charge in [0.15, 0.2) is 0 Å². The van der Waals surface area contributed by atoms with Crippen LogP contribution in [0.5, 0.6) is 0 Å². The van der Waals surface area contributed by atoms with Crippen molar-refractivity contribution in [2.45, 2.75) is 32.2 Å². The van der Waals surface area contributed by atoms with E-state index < -0.39 is 11.6 Å². The van der Waals surface area contributed by atoms with Gasteiger partial charge in [-0.05, 0) is 66.4 Å². The minimum Gasteiger partial charge on any atom is -0.314 e. The van der Waals surface area contributed by atoms with Crippen LogP contribution in [-0.4, -0.2) is 12.6 Å². The lowest BCUT2D eigenvalue weighted by Crippen LogP contribution is -2.16.